The summed E-state index contributed by atoms with van der Waals surface area (Å²) in [4.78, 5) is 21.1. The van der Waals surface area contributed by atoms with Crippen LogP contribution >= 0.6 is 0 Å². The van der Waals surface area contributed by atoms with Crippen LogP contribution in [0.25, 0.3) is 0 Å². The fourth-order valence-electron chi connectivity index (χ4n) is 3.25. The van der Waals surface area contributed by atoms with Gasteiger partial charge in [0, 0.05) is 26.2 Å². The summed E-state index contributed by atoms with van der Waals surface area (Å²) in [5, 5.41) is 7.19. The maximum absolute atomic E-state index is 12.5. The summed E-state index contributed by atoms with van der Waals surface area (Å²) >= 11 is 0. The van der Waals surface area contributed by atoms with Crippen LogP contribution in [0.5, 0.6) is 0 Å². The van der Waals surface area contributed by atoms with Crippen molar-refractivity contribution in [1.29, 1.82) is 0 Å². The van der Waals surface area contributed by atoms with Crippen molar-refractivity contribution < 1.29 is 9.32 Å². The maximum Gasteiger partial charge on any atom is 0.243 e. The highest BCUT2D eigenvalue weighted by atomic mass is 16.5. The first-order valence-corrected chi connectivity index (χ1v) is 8.21. The molecule has 2 fully saturated rings. The van der Waals surface area contributed by atoms with Crippen molar-refractivity contribution in [3.05, 3.63) is 11.7 Å². The van der Waals surface area contributed by atoms with Gasteiger partial charge >= 0.3 is 0 Å². The Kier molecular flexibility index (Phi) is 4.73. The van der Waals surface area contributed by atoms with Crippen molar-refractivity contribution in [3.8, 4) is 0 Å². The molecule has 1 aromatic heterocycles. The normalized spacial score (nSPS) is 25.2. The SMILES string of the molecule is Cc1noc(C(C)N2CCN(C(=O)[C@H]3CCCCN3)CC2)n1. The molecule has 1 N–H and O–H groups in total. The highest BCUT2D eigenvalue weighted by Crippen LogP contribution is 2.20. The molecule has 0 aliphatic carbocycles. The zero-order valence-electron chi connectivity index (χ0n) is 13.4. The molecule has 2 aliphatic rings. The fraction of sp³-hybridized carbons (Fsp3) is 0.800. The molecule has 0 saturated carbocycles. The standard InChI is InChI=1S/C15H25N5O2/c1-11(14-17-12(2)18-22-14)19-7-9-20(10-8-19)15(21)13-5-3-4-6-16-13/h11,13,16H,3-10H2,1-2H3/t11?,13-/m1/s1. The lowest BCUT2D eigenvalue weighted by molar-refractivity contribution is -0.136. The lowest BCUT2D eigenvalue weighted by atomic mass is 10.0. The summed E-state index contributed by atoms with van der Waals surface area (Å²) in [6.07, 6.45) is 3.30. The second kappa shape index (κ2) is 6.75. The predicted molar refractivity (Wildman–Crippen MR) is 81.2 cm³/mol. The van der Waals surface area contributed by atoms with Crippen molar-refractivity contribution >= 4 is 5.91 Å². The van der Waals surface area contributed by atoms with E-state index in [-0.39, 0.29) is 18.0 Å². The Morgan fingerprint density at radius 2 is 2.09 bits per heavy atom. The molecule has 3 heterocycles. The lowest BCUT2D eigenvalue weighted by Crippen LogP contribution is -2.55. The van der Waals surface area contributed by atoms with E-state index in [1.165, 1.54) is 6.42 Å². The maximum atomic E-state index is 12.5. The summed E-state index contributed by atoms with van der Waals surface area (Å²) in [5.74, 6) is 1.59. The predicted octanol–water partition coefficient (Wildman–Crippen LogP) is 0.725. The number of aryl methyl sites for hydroxylation is 1. The van der Waals surface area contributed by atoms with Crippen molar-refractivity contribution in [3.63, 3.8) is 0 Å². The van der Waals surface area contributed by atoms with E-state index in [1.807, 2.05) is 11.8 Å². The summed E-state index contributed by atoms with van der Waals surface area (Å²) in [5.41, 5.74) is 0. The van der Waals surface area contributed by atoms with Crippen molar-refractivity contribution in [2.75, 3.05) is 32.7 Å². The number of aromatic nitrogens is 2. The number of hydrogen-bond acceptors (Lipinski definition) is 6. The van der Waals surface area contributed by atoms with Crippen LogP contribution in [0.1, 0.15) is 43.9 Å². The van der Waals surface area contributed by atoms with Gasteiger partial charge in [0.1, 0.15) is 0 Å². The van der Waals surface area contributed by atoms with Gasteiger partial charge in [-0.1, -0.05) is 11.6 Å². The molecule has 0 spiro atoms. The first-order chi connectivity index (χ1) is 10.6. The Balaban J connectivity index is 1.52. The molecule has 0 radical (unpaired) electrons. The summed E-state index contributed by atoms with van der Waals surface area (Å²) < 4.78 is 5.26. The molecule has 2 saturated heterocycles. The quantitative estimate of drug-likeness (QED) is 0.887. The molecule has 1 amide bonds. The molecule has 7 heteroatoms. The van der Waals surface area contributed by atoms with Crippen LogP contribution in [0, 0.1) is 6.92 Å². The minimum atomic E-state index is 0.0244. The molecule has 2 aliphatic heterocycles. The molecule has 122 valence electrons. The van der Waals surface area contributed by atoms with Crippen LogP contribution in [-0.4, -0.2) is 64.6 Å². The summed E-state index contributed by atoms with van der Waals surface area (Å²) in [6.45, 7) is 8.11. The van der Waals surface area contributed by atoms with Crippen molar-refractivity contribution in [2.45, 2.75) is 45.2 Å². The van der Waals surface area contributed by atoms with Gasteiger partial charge in [0.15, 0.2) is 5.82 Å². The molecular weight excluding hydrogens is 282 g/mol. The molecule has 1 aromatic rings. The molecule has 3 rings (SSSR count). The van der Waals surface area contributed by atoms with E-state index in [2.05, 4.69) is 27.3 Å². The fourth-order valence-corrected chi connectivity index (χ4v) is 3.25. The van der Waals surface area contributed by atoms with E-state index in [0.717, 1.165) is 45.6 Å². The monoisotopic (exact) mass is 307 g/mol. The smallest absolute Gasteiger partial charge is 0.243 e. The number of nitrogens with one attached hydrogen (secondary N) is 1. The number of piperazine rings is 1. The topological polar surface area (TPSA) is 74.5 Å². The largest absolute Gasteiger partial charge is 0.339 e. The number of hydrogen-bond donors (Lipinski definition) is 1. The van der Waals surface area contributed by atoms with Crippen LogP contribution in [0.4, 0.5) is 0 Å². The van der Waals surface area contributed by atoms with E-state index < -0.39 is 0 Å². The third-order valence-electron chi connectivity index (χ3n) is 4.68. The Bertz CT molecular complexity index is 504. The van der Waals surface area contributed by atoms with Crippen molar-refractivity contribution in [1.82, 2.24) is 25.3 Å². The Hall–Kier alpha value is -1.47. The number of rotatable bonds is 3. The Morgan fingerprint density at radius 1 is 1.32 bits per heavy atom. The molecule has 22 heavy (non-hydrogen) atoms. The Morgan fingerprint density at radius 3 is 2.68 bits per heavy atom. The summed E-state index contributed by atoms with van der Waals surface area (Å²) in [7, 11) is 0. The second-order valence-electron chi connectivity index (χ2n) is 6.22. The minimum Gasteiger partial charge on any atom is -0.339 e. The van der Waals surface area contributed by atoms with Crippen LogP contribution in [0.15, 0.2) is 4.52 Å². The highest BCUT2D eigenvalue weighted by Gasteiger charge is 2.30. The average molecular weight is 307 g/mol. The zero-order chi connectivity index (χ0) is 15.5. The third kappa shape index (κ3) is 3.30. The van der Waals surface area contributed by atoms with Gasteiger partial charge in [-0.2, -0.15) is 4.98 Å². The highest BCUT2D eigenvalue weighted by molar-refractivity contribution is 5.82. The average Bonchev–Trinajstić information content (AvgIpc) is 3.01. The summed E-state index contributed by atoms with van der Waals surface area (Å²) in [6, 6.07) is 0.127. The van der Waals surface area contributed by atoms with E-state index in [0.29, 0.717) is 11.7 Å². The van der Waals surface area contributed by atoms with Gasteiger partial charge < -0.3 is 14.7 Å². The number of piperidine rings is 1. The van der Waals surface area contributed by atoms with Gasteiger partial charge in [0.05, 0.1) is 12.1 Å². The van der Waals surface area contributed by atoms with Crippen LogP contribution in [0.2, 0.25) is 0 Å². The van der Waals surface area contributed by atoms with Gasteiger partial charge in [-0.15, -0.1) is 0 Å². The molecule has 1 unspecified atom stereocenters. The first-order valence-electron chi connectivity index (χ1n) is 8.21. The number of carbonyl (C=O) groups is 1. The van der Waals surface area contributed by atoms with E-state index in [1.54, 1.807) is 0 Å². The molecule has 0 bridgehead atoms. The van der Waals surface area contributed by atoms with E-state index in [9.17, 15) is 4.79 Å². The molecule has 7 nitrogen and oxygen atoms in total. The Labute approximate surface area is 131 Å². The van der Waals surface area contributed by atoms with Gasteiger partial charge in [-0.25, -0.2) is 0 Å². The van der Waals surface area contributed by atoms with Gasteiger partial charge in [-0.3, -0.25) is 9.69 Å². The number of amides is 1. The lowest BCUT2D eigenvalue weighted by Gasteiger charge is -2.38. The van der Waals surface area contributed by atoms with Crippen LogP contribution < -0.4 is 5.32 Å². The third-order valence-corrected chi connectivity index (χ3v) is 4.68. The second-order valence-corrected chi connectivity index (χ2v) is 6.22. The van der Waals surface area contributed by atoms with Crippen LogP contribution in [0.3, 0.4) is 0 Å². The number of nitrogens with zero attached hydrogens (tertiary/aromatic N) is 4. The van der Waals surface area contributed by atoms with Gasteiger partial charge in [0.2, 0.25) is 11.8 Å². The first kappa shape index (κ1) is 15.4. The number of carbonyl (C=O) groups excluding carboxylic acids is 1. The van der Waals surface area contributed by atoms with E-state index in [4.69, 9.17) is 4.52 Å². The molecular formula is C15H25N5O2. The van der Waals surface area contributed by atoms with Crippen LogP contribution in [-0.2, 0) is 4.79 Å². The molecule has 2 atom stereocenters. The molecule has 0 aromatic carbocycles. The van der Waals surface area contributed by atoms with Gasteiger partial charge in [-0.05, 0) is 33.2 Å². The van der Waals surface area contributed by atoms with Crippen molar-refractivity contribution in [2.24, 2.45) is 0 Å². The van der Waals surface area contributed by atoms with Gasteiger partial charge in [0.25, 0.3) is 0 Å². The minimum absolute atomic E-state index is 0.0244. The zero-order valence-corrected chi connectivity index (χ0v) is 13.4. The van der Waals surface area contributed by atoms with E-state index >= 15 is 0 Å².